The first-order valence-electron chi connectivity index (χ1n) is 10.0. The van der Waals surface area contributed by atoms with Gasteiger partial charge in [0.15, 0.2) is 10.8 Å². The van der Waals surface area contributed by atoms with Gasteiger partial charge in [0.1, 0.15) is 17.9 Å². The Balaban J connectivity index is 1.82. The molecule has 4 rings (SSSR count). The zero-order chi connectivity index (χ0) is 23.7. The molecule has 0 bridgehead atoms. The van der Waals surface area contributed by atoms with Crippen molar-refractivity contribution in [2.45, 2.75) is 25.1 Å². The number of benzene rings is 1. The van der Waals surface area contributed by atoms with Gasteiger partial charge in [-0.15, -0.1) is 11.3 Å². The van der Waals surface area contributed by atoms with Crippen molar-refractivity contribution >= 4 is 45.0 Å². The number of β-amino-alcohol motifs (C(OH)–C–C–N with tert-alkyl or cyclic N) is 1. The predicted octanol–water partition coefficient (Wildman–Crippen LogP) is 2.08. The van der Waals surface area contributed by atoms with Crippen molar-refractivity contribution in [3.63, 3.8) is 0 Å². The lowest BCUT2D eigenvalue weighted by molar-refractivity contribution is -0.159. The zero-order valence-corrected chi connectivity index (χ0v) is 19.8. The number of carboxylic acid groups (broad SMARTS) is 1. The van der Waals surface area contributed by atoms with Gasteiger partial charge < -0.3 is 20.3 Å². The maximum absolute atomic E-state index is 13.8. The molecule has 1 aromatic carbocycles. The minimum absolute atomic E-state index is 0.0296. The lowest BCUT2D eigenvalue weighted by atomic mass is 9.93. The molecule has 1 fully saturated rings. The van der Waals surface area contributed by atoms with Crippen LogP contribution >= 0.6 is 27.3 Å². The highest BCUT2D eigenvalue weighted by Gasteiger charge is 2.45. The number of aliphatic hydroxyl groups excluding tert-OH is 1. The van der Waals surface area contributed by atoms with Crippen LogP contribution in [0.15, 0.2) is 50.5 Å². The third-order valence-electron chi connectivity index (χ3n) is 5.31. The number of carboxylic acids is 1. The van der Waals surface area contributed by atoms with Crippen molar-refractivity contribution in [1.82, 2.24) is 15.2 Å². The summed E-state index contributed by atoms with van der Waals surface area (Å²) >= 11 is 4.70. The number of aliphatic hydroxyl groups is 1. The van der Waals surface area contributed by atoms with Crippen molar-refractivity contribution in [1.29, 1.82) is 0 Å². The van der Waals surface area contributed by atoms with Crippen LogP contribution in [-0.4, -0.2) is 69.7 Å². The molecule has 0 amide bonds. The van der Waals surface area contributed by atoms with Crippen molar-refractivity contribution in [2.24, 2.45) is 4.99 Å². The van der Waals surface area contributed by atoms with Crippen LogP contribution in [-0.2, 0) is 14.3 Å². The molecule has 9 nitrogen and oxygen atoms in total. The average molecular weight is 539 g/mol. The highest BCUT2D eigenvalue weighted by atomic mass is 79.9. The minimum Gasteiger partial charge on any atom is -0.480 e. The highest BCUT2D eigenvalue weighted by molar-refractivity contribution is 9.10. The van der Waals surface area contributed by atoms with Crippen LogP contribution < -0.4 is 5.32 Å². The zero-order valence-electron chi connectivity index (χ0n) is 17.4. The molecule has 2 aromatic rings. The molecule has 0 spiro atoms. The molecule has 1 aromatic heterocycles. The van der Waals surface area contributed by atoms with Crippen molar-refractivity contribution in [3.8, 4) is 0 Å². The van der Waals surface area contributed by atoms with E-state index in [4.69, 9.17) is 9.73 Å². The maximum Gasteiger partial charge on any atom is 0.338 e. The Bertz CT molecular complexity index is 1140. The molecule has 3 unspecified atom stereocenters. The van der Waals surface area contributed by atoms with Gasteiger partial charge in [0, 0.05) is 34.8 Å². The number of hydrogen-bond donors (Lipinski definition) is 3. The number of esters is 1. The summed E-state index contributed by atoms with van der Waals surface area (Å²) in [7, 11) is 0. The van der Waals surface area contributed by atoms with Gasteiger partial charge in [0.05, 0.1) is 18.3 Å². The lowest BCUT2D eigenvalue weighted by Crippen LogP contribution is -2.64. The van der Waals surface area contributed by atoms with E-state index in [9.17, 15) is 24.2 Å². The first-order chi connectivity index (χ1) is 15.8. The highest BCUT2D eigenvalue weighted by Crippen LogP contribution is 2.37. The number of aliphatic carboxylic acids is 1. The number of thiazole rings is 1. The molecule has 1 saturated heterocycles. The second kappa shape index (κ2) is 9.67. The third kappa shape index (κ3) is 4.69. The van der Waals surface area contributed by atoms with E-state index >= 15 is 0 Å². The first kappa shape index (κ1) is 23.5. The minimum atomic E-state index is -1.16. The van der Waals surface area contributed by atoms with Crippen molar-refractivity contribution < 1.29 is 28.9 Å². The molecular formula is C21H20BrFN4O5S. The Morgan fingerprint density at radius 2 is 2.21 bits per heavy atom. The van der Waals surface area contributed by atoms with Crippen LogP contribution in [0.25, 0.3) is 0 Å². The number of nitrogens with one attached hydrogen (secondary N) is 1. The summed E-state index contributed by atoms with van der Waals surface area (Å²) in [6, 6.07) is 2.13. The molecule has 3 atom stereocenters. The summed E-state index contributed by atoms with van der Waals surface area (Å²) in [5.74, 6) is -1.85. The summed E-state index contributed by atoms with van der Waals surface area (Å²) in [5.41, 5.74) is 1.09. The van der Waals surface area contributed by atoms with E-state index in [0.29, 0.717) is 26.6 Å². The fraction of sp³-hybridized carbons (Fsp3) is 0.333. The molecule has 0 aliphatic carbocycles. The van der Waals surface area contributed by atoms with Crippen molar-refractivity contribution in [3.05, 3.63) is 61.9 Å². The van der Waals surface area contributed by atoms with Gasteiger partial charge in [-0.25, -0.2) is 14.2 Å². The quantitative estimate of drug-likeness (QED) is 0.457. The van der Waals surface area contributed by atoms with E-state index in [1.54, 1.807) is 18.5 Å². The van der Waals surface area contributed by atoms with Gasteiger partial charge >= 0.3 is 11.9 Å². The Morgan fingerprint density at radius 3 is 2.82 bits per heavy atom. The monoisotopic (exact) mass is 538 g/mol. The molecule has 33 heavy (non-hydrogen) atoms. The van der Waals surface area contributed by atoms with E-state index in [1.165, 1.54) is 34.4 Å². The first-order valence-corrected chi connectivity index (χ1v) is 11.7. The molecule has 2 aliphatic heterocycles. The normalized spacial score (nSPS) is 22.9. The van der Waals surface area contributed by atoms with Crippen LogP contribution in [0, 0.1) is 5.82 Å². The topological polar surface area (TPSA) is 124 Å². The largest absolute Gasteiger partial charge is 0.480 e. The van der Waals surface area contributed by atoms with E-state index in [0.717, 1.165) is 0 Å². The van der Waals surface area contributed by atoms with E-state index < -0.39 is 35.9 Å². The molecular weight excluding hydrogens is 519 g/mol. The second-order valence-corrected chi connectivity index (χ2v) is 9.15. The fourth-order valence-corrected chi connectivity index (χ4v) is 4.97. The van der Waals surface area contributed by atoms with Crippen molar-refractivity contribution in [2.75, 3.05) is 19.7 Å². The van der Waals surface area contributed by atoms with Crippen LogP contribution in [0.2, 0.25) is 0 Å². The lowest BCUT2D eigenvalue weighted by Gasteiger charge is -2.43. The summed E-state index contributed by atoms with van der Waals surface area (Å²) in [4.78, 5) is 35.1. The van der Waals surface area contributed by atoms with E-state index in [2.05, 4.69) is 26.2 Å². The Labute approximate surface area is 200 Å². The van der Waals surface area contributed by atoms with E-state index in [-0.39, 0.29) is 25.3 Å². The smallest absolute Gasteiger partial charge is 0.338 e. The van der Waals surface area contributed by atoms with E-state index in [1.807, 2.05) is 0 Å². The molecule has 3 N–H and O–H groups in total. The number of carbonyl (C=O) groups is 2. The number of carbonyl (C=O) groups excluding carboxylic acids is 1. The number of rotatable bonds is 7. The number of ether oxygens (including phenoxy) is 1. The third-order valence-corrected chi connectivity index (χ3v) is 6.77. The number of aromatic nitrogens is 1. The summed E-state index contributed by atoms with van der Waals surface area (Å²) < 4.78 is 19.5. The number of aliphatic imine (C=N–C) groups is 1. The average Bonchev–Trinajstić information content (AvgIpc) is 3.27. The van der Waals surface area contributed by atoms with Gasteiger partial charge in [0.25, 0.3) is 0 Å². The number of amidine groups is 1. The van der Waals surface area contributed by atoms with Crippen LogP contribution in [0.3, 0.4) is 0 Å². The summed E-state index contributed by atoms with van der Waals surface area (Å²) in [5, 5.41) is 24.8. The molecule has 0 radical (unpaired) electrons. The summed E-state index contributed by atoms with van der Waals surface area (Å²) in [6.45, 7) is 1.96. The van der Waals surface area contributed by atoms with Gasteiger partial charge in [-0.05, 0) is 24.6 Å². The summed E-state index contributed by atoms with van der Waals surface area (Å²) in [6.07, 6.45) is 0.607. The SMILES string of the molecule is CCOC(=O)C1=C(CN2CC(O)C2C(=O)O)NC(c2nccs2)=NC1c1ccc(F)cc1Br. The molecule has 0 saturated carbocycles. The van der Waals surface area contributed by atoms with Gasteiger partial charge in [-0.2, -0.15) is 0 Å². The molecule has 3 heterocycles. The van der Waals surface area contributed by atoms with Gasteiger partial charge in [-0.3, -0.25) is 14.7 Å². The number of likely N-dealkylation sites (tertiary alicyclic amines) is 1. The van der Waals surface area contributed by atoms with Crippen LogP contribution in [0.5, 0.6) is 0 Å². The fourth-order valence-electron chi connectivity index (χ4n) is 3.81. The Hall–Kier alpha value is -2.67. The van der Waals surface area contributed by atoms with Gasteiger partial charge in [0.2, 0.25) is 0 Å². The van der Waals surface area contributed by atoms with Gasteiger partial charge in [-0.1, -0.05) is 22.0 Å². The standard InChI is InChI=1S/C21H20BrFN4O5S/c1-2-32-21(31)15-13(8-27-9-14(28)17(27)20(29)30)25-18(19-24-5-6-33-19)26-16(15)11-4-3-10(23)7-12(11)22/h3-7,14,16-17,28H,2,8-9H2,1H3,(H,25,26)(H,29,30). The number of nitrogens with zero attached hydrogens (tertiary/aromatic N) is 3. The molecule has 12 heteroatoms. The second-order valence-electron chi connectivity index (χ2n) is 7.40. The van der Waals surface area contributed by atoms with Crippen LogP contribution in [0.4, 0.5) is 4.39 Å². The maximum atomic E-state index is 13.8. The molecule has 174 valence electrons. The predicted molar refractivity (Wildman–Crippen MR) is 121 cm³/mol. The molecule has 2 aliphatic rings. The Morgan fingerprint density at radius 1 is 1.42 bits per heavy atom. The number of halogens is 2. The Kier molecular flexibility index (Phi) is 6.88. The van der Waals surface area contributed by atoms with Crippen LogP contribution in [0.1, 0.15) is 23.5 Å². The number of hydrogen-bond acceptors (Lipinski definition) is 9.